The smallest absolute Gasteiger partial charge is 0.243 e. The number of nitrogens with one attached hydrogen (secondary N) is 2. The fourth-order valence-electron chi connectivity index (χ4n) is 5.13. The summed E-state index contributed by atoms with van der Waals surface area (Å²) in [6.07, 6.45) is 7.02. The van der Waals surface area contributed by atoms with Crippen LogP contribution in [0, 0.1) is 5.92 Å². The van der Waals surface area contributed by atoms with Gasteiger partial charge in [-0.05, 0) is 74.6 Å². The summed E-state index contributed by atoms with van der Waals surface area (Å²) in [5.74, 6) is 4.98. The first-order valence-corrected chi connectivity index (χ1v) is 17.1. The number of carbonyl (C=O) groups excluding carboxylic acids is 2. The largest absolute Gasteiger partial charge is 0.457 e. The van der Waals surface area contributed by atoms with E-state index in [4.69, 9.17) is 4.74 Å². The van der Waals surface area contributed by atoms with Crippen molar-refractivity contribution in [3.63, 3.8) is 0 Å². The van der Waals surface area contributed by atoms with Crippen LogP contribution in [0.1, 0.15) is 57.9 Å². The summed E-state index contributed by atoms with van der Waals surface area (Å²) in [4.78, 5) is 28.9. The van der Waals surface area contributed by atoms with E-state index >= 15 is 0 Å². The third kappa shape index (κ3) is 10.9. The topological polar surface area (TPSA) is 90.9 Å². The van der Waals surface area contributed by atoms with E-state index in [1.807, 2.05) is 54.6 Å². The molecule has 1 saturated carbocycles. The van der Waals surface area contributed by atoms with Crippen LogP contribution in [0.5, 0.6) is 11.5 Å². The molecule has 1 aliphatic heterocycles. The zero-order valence-corrected chi connectivity index (χ0v) is 26.0. The van der Waals surface area contributed by atoms with Crippen LogP contribution in [0.4, 0.5) is 0 Å². The fourth-order valence-corrected chi connectivity index (χ4v) is 7.63. The highest BCUT2D eigenvalue weighted by molar-refractivity contribution is 7.99. The number of carbonyl (C=O) groups is 2. The Bertz CT molecular complexity index is 1090. The van der Waals surface area contributed by atoms with Crippen molar-refractivity contribution in [2.24, 2.45) is 5.92 Å². The maximum atomic E-state index is 13.4. The predicted molar refractivity (Wildman–Crippen MR) is 169 cm³/mol. The molecule has 2 amide bonds. The molecule has 7 nitrogen and oxygen atoms in total. The van der Waals surface area contributed by atoms with Crippen LogP contribution < -0.4 is 15.4 Å². The molecule has 0 aromatic heterocycles. The molecule has 9 heteroatoms. The molecule has 3 N–H and O–H groups in total. The van der Waals surface area contributed by atoms with E-state index in [0.29, 0.717) is 36.9 Å². The molecular weight excluding hydrogens is 555 g/mol. The second kappa shape index (κ2) is 15.9. The van der Waals surface area contributed by atoms with Gasteiger partial charge in [0.1, 0.15) is 17.5 Å². The number of rotatable bonds is 14. The first-order valence-electron chi connectivity index (χ1n) is 14.8. The minimum absolute atomic E-state index is 0.105. The monoisotopic (exact) mass is 599 g/mol. The number of hydrogen-bond donors (Lipinski definition) is 3. The van der Waals surface area contributed by atoms with Gasteiger partial charge in [-0.1, -0.05) is 49.6 Å². The molecule has 224 valence electrons. The highest BCUT2D eigenvalue weighted by atomic mass is 32.2. The van der Waals surface area contributed by atoms with Crippen LogP contribution >= 0.6 is 23.5 Å². The first kappa shape index (κ1) is 31.7. The molecule has 41 heavy (non-hydrogen) atoms. The van der Waals surface area contributed by atoms with Gasteiger partial charge in [0.25, 0.3) is 0 Å². The molecule has 0 unspecified atom stereocenters. The van der Waals surface area contributed by atoms with Gasteiger partial charge in [-0.2, -0.15) is 11.8 Å². The van der Waals surface area contributed by atoms with Gasteiger partial charge < -0.3 is 20.5 Å². The van der Waals surface area contributed by atoms with Crippen molar-refractivity contribution >= 4 is 35.3 Å². The quantitative estimate of drug-likeness (QED) is 0.267. The van der Waals surface area contributed by atoms with Crippen molar-refractivity contribution in [3.05, 3.63) is 60.2 Å². The Balaban J connectivity index is 1.32. The van der Waals surface area contributed by atoms with Gasteiger partial charge in [0.2, 0.25) is 11.8 Å². The van der Waals surface area contributed by atoms with E-state index in [9.17, 15) is 14.7 Å². The van der Waals surface area contributed by atoms with Crippen molar-refractivity contribution in [1.82, 2.24) is 15.5 Å². The lowest BCUT2D eigenvalue weighted by molar-refractivity contribution is -0.130. The third-order valence-corrected chi connectivity index (χ3v) is 9.99. The Morgan fingerprint density at radius 2 is 1.78 bits per heavy atom. The van der Waals surface area contributed by atoms with Crippen molar-refractivity contribution < 1.29 is 19.4 Å². The molecule has 4 rings (SSSR count). The highest BCUT2D eigenvalue weighted by Crippen LogP contribution is 2.27. The minimum Gasteiger partial charge on any atom is -0.457 e. The van der Waals surface area contributed by atoms with Gasteiger partial charge in [0, 0.05) is 30.5 Å². The number of hydrogen-bond acceptors (Lipinski definition) is 7. The second-order valence-corrected chi connectivity index (χ2v) is 13.8. The number of para-hydroxylation sites is 1. The number of benzene rings is 2. The van der Waals surface area contributed by atoms with Gasteiger partial charge in [0.05, 0.1) is 11.6 Å². The van der Waals surface area contributed by atoms with Gasteiger partial charge in [-0.25, -0.2) is 0 Å². The lowest BCUT2D eigenvalue weighted by Crippen LogP contribution is -2.54. The average Bonchev–Trinajstić information content (AvgIpc) is 3.45. The van der Waals surface area contributed by atoms with Crippen molar-refractivity contribution in [2.75, 3.05) is 29.7 Å². The van der Waals surface area contributed by atoms with E-state index in [1.165, 1.54) is 32.1 Å². The standard InChI is InChI=1S/C32H45N3O4S2/c1-32(2,38)17-18-35-23-41-22-29(35)31(37)34-28(21-40-20-25-9-5-3-6-10-25)30(36)33-19-24-13-15-27(16-14-24)39-26-11-7-4-8-12-26/h4,7-8,11-16,25,28-29,38H,3,5-6,9-10,17-23H2,1-2H3,(H,33,36)(H,34,37)/t28-,29-/m0/s1. The second-order valence-electron chi connectivity index (χ2n) is 11.8. The lowest BCUT2D eigenvalue weighted by Gasteiger charge is -2.28. The van der Waals surface area contributed by atoms with Gasteiger partial charge >= 0.3 is 0 Å². The SMILES string of the molecule is CC(C)(O)CCN1CSC[C@H]1C(=O)N[C@@H](CSCC1CCCCC1)C(=O)NCc1ccc(Oc2ccccc2)cc1. The Morgan fingerprint density at radius 3 is 2.49 bits per heavy atom. The molecule has 1 heterocycles. The molecule has 2 aromatic carbocycles. The zero-order chi connectivity index (χ0) is 29.1. The summed E-state index contributed by atoms with van der Waals surface area (Å²) in [5.41, 5.74) is 0.182. The number of nitrogens with zero attached hydrogens (tertiary/aromatic N) is 1. The van der Waals surface area contributed by atoms with Crippen LogP contribution in [0.3, 0.4) is 0 Å². The molecule has 1 aliphatic carbocycles. The summed E-state index contributed by atoms with van der Waals surface area (Å²) in [6.45, 7) is 4.60. The van der Waals surface area contributed by atoms with Crippen molar-refractivity contribution in [2.45, 2.75) is 76.6 Å². The molecule has 2 aliphatic rings. The van der Waals surface area contributed by atoms with Crippen LogP contribution in [-0.2, 0) is 16.1 Å². The number of ether oxygens (including phenoxy) is 1. The molecule has 0 radical (unpaired) electrons. The summed E-state index contributed by atoms with van der Waals surface area (Å²) < 4.78 is 5.87. The normalized spacial score (nSPS) is 19.0. The predicted octanol–water partition coefficient (Wildman–Crippen LogP) is 5.43. The van der Waals surface area contributed by atoms with E-state index < -0.39 is 11.6 Å². The minimum atomic E-state index is -0.779. The highest BCUT2D eigenvalue weighted by Gasteiger charge is 2.34. The summed E-state index contributed by atoms with van der Waals surface area (Å²) in [7, 11) is 0. The van der Waals surface area contributed by atoms with Crippen molar-refractivity contribution in [3.8, 4) is 11.5 Å². The number of aliphatic hydroxyl groups is 1. The van der Waals surface area contributed by atoms with E-state index in [-0.39, 0.29) is 17.9 Å². The molecule has 1 saturated heterocycles. The summed E-state index contributed by atoms with van der Waals surface area (Å²) in [5, 5.41) is 16.3. The van der Waals surface area contributed by atoms with Crippen molar-refractivity contribution in [1.29, 1.82) is 0 Å². The maximum Gasteiger partial charge on any atom is 0.243 e. The van der Waals surface area contributed by atoms with Crippen LogP contribution in [0.2, 0.25) is 0 Å². The summed E-state index contributed by atoms with van der Waals surface area (Å²) >= 11 is 3.49. The first-order chi connectivity index (χ1) is 19.8. The molecule has 0 bridgehead atoms. The fraction of sp³-hybridized carbons (Fsp3) is 0.562. The summed E-state index contributed by atoms with van der Waals surface area (Å²) in [6, 6.07) is 16.4. The molecule has 0 spiro atoms. The van der Waals surface area contributed by atoms with Crippen LogP contribution in [0.15, 0.2) is 54.6 Å². The Kier molecular flexibility index (Phi) is 12.3. The van der Waals surface area contributed by atoms with Gasteiger partial charge in [-0.3, -0.25) is 14.5 Å². The molecule has 2 aromatic rings. The number of thioether (sulfide) groups is 2. The Morgan fingerprint density at radius 1 is 1.07 bits per heavy atom. The maximum absolute atomic E-state index is 13.4. The van der Waals surface area contributed by atoms with E-state index in [0.717, 1.165) is 28.7 Å². The number of amides is 2. The lowest BCUT2D eigenvalue weighted by atomic mass is 9.91. The zero-order valence-electron chi connectivity index (χ0n) is 24.3. The molecule has 2 atom stereocenters. The van der Waals surface area contributed by atoms with Gasteiger partial charge in [-0.15, -0.1) is 11.8 Å². The Hall–Kier alpha value is -2.20. The Labute approximate surface area is 253 Å². The molecular formula is C32H45N3O4S2. The van der Waals surface area contributed by atoms with Gasteiger partial charge in [0.15, 0.2) is 0 Å². The average molecular weight is 600 g/mol. The van der Waals surface area contributed by atoms with E-state index in [2.05, 4.69) is 15.5 Å². The van der Waals surface area contributed by atoms with E-state index in [1.54, 1.807) is 37.4 Å². The third-order valence-electron chi connectivity index (χ3n) is 7.65. The van der Waals surface area contributed by atoms with Crippen LogP contribution in [0.25, 0.3) is 0 Å². The molecule has 2 fully saturated rings. The van der Waals surface area contributed by atoms with Crippen LogP contribution in [-0.4, -0.2) is 69.2 Å².